The van der Waals surface area contributed by atoms with Crippen LogP contribution in [0.15, 0.2) is 18.2 Å². The summed E-state index contributed by atoms with van der Waals surface area (Å²) in [7, 11) is 1.60. The molecule has 0 radical (unpaired) electrons. The number of benzene rings is 1. The largest absolute Gasteiger partial charge is 0.496 e. The Kier molecular flexibility index (Phi) is 5.83. The lowest BCUT2D eigenvalue weighted by Gasteiger charge is -2.17. The van der Waals surface area contributed by atoms with E-state index in [0.29, 0.717) is 18.3 Å². The van der Waals surface area contributed by atoms with Crippen molar-refractivity contribution in [3.8, 4) is 5.75 Å². The molecule has 0 amide bonds. The second kappa shape index (κ2) is 7.14. The maximum Gasteiger partial charge on any atom is 0.307 e. The fourth-order valence-corrected chi connectivity index (χ4v) is 1.91. The number of carbonyl (C=O) groups excluding carboxylic acids is 1. The summed E-state index contributed by atoms with van der Waals surface area (Å²) >= 11 is 0. The minimum Gasteiger partial charge on any atom is -0.496 e. The summed E-state index contributed by atoms with van der Waals surface area (Å²) in [6, 6.07) is 5.51. The molecule has 19 heavy (non-hydrogen) atoms. The second-order valence-electron chi connectivity index (χ2n) is 4.77. The number of ether oxygens (including phenoxy) is 2. The smallest absolute Gasteiger partial charge is 0.307 e. The number of esters is 1. The van der Waals surface area contributed by atoms with Gasteiger partial charge in [0.25, 0.3) is 0 Å². The van der Waals surface area contributed by atoms with Crippen molar-refractivity contribution in [2.45, 2.75) is 39.2 Å². The van der Waals surface area contributed by atoms with Crippen molar-refractivity contribution < 1.29 is 14.3 Å². The number of carbonyl (C=O) groups is 1. The molecule has 0 aliphatic rings. The molecule has 0 saturated carbocycles. The highest BCUT2D eigenvalue weighted by Gasteiger charge is 2.17. The topological polar surface area (TPSA) is 61.5 Å². The van der Waals surface area contributed by atoms with Crippen LogP contribution in [0.3, 0.4) is 0 Å². The van der Waals surface area contributed by atoms with Crippen LogP contribution in [0.5, 0.6) is 5.75 Å². The first-order chi connectivity index (χ1) is 8.99. The minimum absolute atomic E-state index is 0.158. The van der Waals surface area contributed by atoms with E-state index in [4.69, 9.17) is 15.2 Å². The Morgan fingerprint density at radius 2 is 2.05 bits per heavy atom. The summed E-state index contributed by atoms with van der Waals surface area (Å²) in [4.78, 5) is 11.5. The third-order valence-electron chi connectivity index (χ3n) is 3.01. The first-order valence-corrected chi connectivity index (χ1v) is 6.58. The van der Waals surface area contributed by atoms with Crippen LogP contribution in [0.4, 0.5) is 0 Å². The van der Waals surface area contributed by atoms with Gasteiger partial charge in [0.15, 0.2) is 0 Å². The van der Waals surface area contributed by atoms with Crippen LogP contribution in [0, 0.1) is 0 Å². The van der Waals surface area contributed by atoms with Crippen LogP contribution >= 0.6 is 0 Å². The van der Waals surface area contributed by atoms with Gasteiger partial charge in [0, 0.05) is 11.6 Å². The Balaban J connectivity index is 2.95. The molecule has 0 aliphatic carbocycles. The van der Waals surface area contributed by atoms with Crippen LogP contribution in [0.25, 0.3) is 0 Å². The van der Waals surface area contributed by atoms with E-state index < -0.39 is 6.04 Å². The van der Waals surface area contributed by atoms with Crippen molar-refractivity contribution in [3.63, 3.8) is 0 Å². The Hall–Kier alpha value is -1.55. The van der Waals surface area contributed by atoms with Gasteiger partial charge in [0.2, 0.25) is 0 Å². The van der Waals surface area contributed by atoms with E-state index >= 15 is 0 Å². The Labute approximate surface area is 114 Å². The van der Waals surface area contributed by atoms with E-state index in [1.165, 1.54) is 5.56 Å². The summed E-state index contributed by atoms with van der Waals surface area (Å²) in [5, 5.41) is 0. The zero-order valence-electron chi connectivity index (χ0n) is 12.1. The summed E-state index contributed by atoms with van der Waals surface area (Å²) in [6.07, 6.45) is 0.158. The zero-order valence-corrected chi connectivity index (χ0v) is 12.1. The second-order valence-corrected chi connectivity index (χ2v) is 4.77. The number of nitrogens with two attached hydrogens (primary N) is 1. The molecule has 0 aromatic heterocycles. The highest BCUT2D eigenvalue weighted by atomic mass is 16.5. The third-order valence-corrected chi connectivity index (χ3v) is 3.01. The van der Waals surface area contributed by atoms with Crippen molar-refractivity contribution in [2.24, 2.45) is 5.73 Å². The lowest BCUT2D eigenvalue weighted by atomic mass is 9.96. The van der Waals surface area contributed by atoms with Crippen LogP contribution in [-0.2, 0) is 9.53 Å². The van der Waals surface area contributed by atoms with Gasteiger partial charge in [-0.05, 0) is 24.5 Å². The molecule has 1 rings (SSSR count). The molecule has 1 unspecified atom stereocenters. The molecule has 0 spiro atoms. The van der Waals surface area contributed by atoms with Gasteiger partial charge in [-0.3, -0.25) is 4.79 Å². The van der Waals surface area contributed by atoms with Crippen LogP contribution in [-0.4, -0.2) is 19.7 Å². The quantitative estimate of drug-likeness (QED) is 0.803. The van der Waals surface area contributed by atoms with E-state index in [9.17, 15) is 4.79 Å². The molecule has 1 aromatic rings. The van der Waals surface area contributed by atoms with Gasteiger partial charge in [-0.15, -0.1) is 0 Å². The summed E-state index contributed by atoms with van der Waals surface area (Å²) in [5.74, 6) is 0.827. The van der Waals surface area contributed by atoms with E-state index in [1.54, 1.807) is 14.0 Å². The molecule has 4 nitrogen and oxygen atoms in total. The van der Waals surface area contributed by atoms with Gasteiger partial charge in [0.05, 0.1) is 20.1 Å². The highest BCUT2D eigenvalue weighted by Crippen LogP contribution is 2.29. The van der Waals surface area contributed by atoms with E-state index in [1.807, 2.05) is 18.2 Å². The lowest BCUT2D eigenvalue weighted by Crippen LogP contribution is -2.18. The van der Waals surface area contributed by atoms with Crippen molar-refractivity contribution in [1.29, 1.82) is 0 Å². The molecule has 0 heterocycles. The molecule has 4 heteroatoms. The molecule has 0 bridgehead atoms. The van der Waals surface area contributed by atoms with Crippen LogP contribution in [0.2, 0.25) is 0 Å². The SMILES string of the molecule is CCOC(=O)CC(N)c1cc(C(C)C)ccc1OC. The fraction of sp³-hybridized carbons (Fsp3) is 0.533. The van der Waals surface area contributed by atoms with Crippen molar-refractivity contribution in [3.05, 3.63) is 29.3 Å². The molecule has 1 atom stereocenters. The Morgan fingerprint density at radius 1 is 1.37 bits per heavy atom. The Bertz CT molecular complexity index is 429. The predicted molar refractivity (Wildman–Crippen MR) is 75.3 cm³/mol. The predicted octanol–water partition coefficient (Wildman–Crippen LogP) is 2.77. The molecule has 0 saturated heterocycles. The Morgan fingerprint density at radius 3 is 2.58 bits per heavy atom. The number of hydrogen-bond acceptors (Lipinski definition) is 4. The molecule has 1 aromatic carbocycles. The molecule has 0 fully saturated rings. The van der Waals surface area contributed by atoms with Crippen molar-refractivity contribution in [1.82, 2.24) is 0 Å². The van der Waals surface area contributed by atoms with Crippen molar-refractivity contribution >= 4 is 5.97 Å². The molecule has 106 valence electrons. The average molecular weight is 265 g/mol. The van der Waals surface area contributed by atoms with Crippen molar-refractivity contribution in [2.75, 3.05) is 13.7 Å². The number of methoxy groups -OCH3 is 1. The lowest BCUT2D eigenvalue weighted by molar-refractivity contribution is -0.143. The van der Waals surface area contributed by atoms with Gasteiger partial charge in [0.1, 0.15) is 5.75 Å². The van der Waals surface area contributed by atoms with Gasteiger partial charge >= 0.3 is 5.97 Å². The van der Waals surface area contributed by atoms with Gasteiger partial charge in [-0.2, -0.15) is 0 Å². The maximum absolute atomic E-state index is 11.5. The first kappa shape index (κ1) is 15.5. The highest BCUT2D eigenvalue weighted by molar-refractivity contribution is 5.70. The minimum atomic E-state index is -0.410. The number of hydrogen-bond donors (Lipinski definition) is 1. The molecular weight excluding hydrogens is 242 g/mol. The third kappa shape index (κ3) is 4.24. The van der Waals surface area contributed by atoms with Gasteiger partial charge < -0.3 is 15.2 Å². The maximum atomic E-state index is 11.5. The standard InChI is InChI=1S/C15H23NO3/c1-5-19-15(17)9-13(16)12-8-11(10(2)3)6-7-14(12)18-4/h6-8,10,13H,5,9,16H2,1-4H3. The summed E-state index contributed by atoms with van der Waals surface area (Å²) in [5.41, 5.74) is 8.12. The van der Waals surface area contributed by atoms with Gasteiger partial charge in [-0.25, -0.2) is 0 Å². The molecule has 0 aliphatic heterocycles. The molecular formula is C15H23NO3. The zero-order chi connectivity index (χ0) is 14.4. The average Bonchev–Trinajstić information content (AvgIpc) is 2.37. The van der Waals surface area contributed by atoms with E-state index in [0.717, 1.165) is 5.56 Å². The fourth-order valence-electron chi connectivity index (χ4n) is 1.91. The normalized spacial score (nSPS) is 12.3. The van der Waals surface area contributed by atoms with Gasteiger partial charge in [-0.1, -0.05) is 26.0 Å². The summed E-state index contributed by atoms with van der Waals surface area (Å²) < 4.78 is 10.2. The van der Waals surface area contributed by atoms with Crippen LogP contribution in [0.1, 0.15) is 50.3 Å². The monoisotopic (exact) mass is 265 g/mol. The van der Waals surface area contributed by atoms with E-state index in [2.05, 4.69) is 13.8 Å². The summed E-state index contributed by atoms with van der Waals surface area (Å²) in [6.45, 7) is 6.38. The van der Waals surface area contributed by atoms with E-state index in [-0.39, 0.29) is 12.4 Å². The first-order valence-electron chi connectivity index (χ1n) is 6.58. The molecule has 2 N–H and O–H groups in total. The van der Waals surface area contributed by atoms with Crippen LogP contribution < -0.4 is 10.5 Å². The number of rotatable bonds is 6.